The molecule has 0 radical (unpaired) electrons. The number of carbonyl (C=O) groups excluding carboxylic acids is 1. The van der Waals surface area contributed by atoms with Gasteiger partial charge >= 0.3 is 5.97 Å². The van der Waals surface area contributed by atoms with Crippen LogP contribution in [0.2, 0.25) is 0 Å². The summed E-state index contributed by atoms with van der Waals surface area (Å²) in [6.45, 7) is 0. The second kappa shape index (κ2) is 4.03. The number of methoxy groups -OCH3 is 1. The van der Waals surface area contributed by atoms with Gasteiger partial charge in [0.2, 0.25) is 5.76 Å². The van der Waals surface area contributed by atoms with Crippen molar-refractivity contribution in [3.8, 4) is 0 Å². The molecule has 0 saturated heterocycles. The van der Waals surface area contributed by atoms with E-state index >= 15 is 0 Å². The maximum Gasteiger partial charge on any atom is 0.374 e. The number of halogens is 1. The van der Waals surface area contributed by atoms with Crippen LogP contribution in [0.3, 0.4) is 0 Å². The normalized spacial score (nSPS) is 12.5. The molecular formula is C6H5BrO5S. The molecule has 0 aromatic carbocycles. The lowest BCUT2D eigenvalue weighted by atomic mass is 10.5. The number of esters is 1. The lowest BCUT2D eigenvalue weighted by Gasteiger charge is -1.90. The van der Waals surface area contributed by atoms with E-state index in [1.54, 1.807) is 0 Å². The summed E-state index contributed by atoms with van der Waals surface area (Å²) < 4.78 is 28.5. The Kier molecular flexibility index (Phi) is 3.23. The third-order valence-electron chi connectivity index (χ3n) is 1.23. The van der Waals surface area contributed by atoms with Crippen LogP contribution >= 0.6 is 15.9 Å². The van der Waals surface area contributed by atoms with Crippen molar-refractivity contribution in [2.45, 2.75) is 4.90 Å². The topological polar surface area (TPSA) is 76.7 Å². The van der Waals surface area contributed by atoms with Crippen molar-refractivity contribution < 1.29 is 22.7 Å². The van der Waals surface area contributed by atoms with E-state index in [1.807, 2.05) is 0 Å². The van der Waals surface area contributed by atoms with Gasteiger partial charge in [-0.3, -0.25) is 0 Å². The van der Waals surface area contributed by atoms with Crippen molar-refractivity contribution in [2.24, 2.45) is 0 Å². The molecule has 1 aromatic rings. The molecular weight excluding hydrogens is 264 g/mol. The maximum atomic E-state index is 10.9. The Morgan fingerprint density at radius 2 is 2.38 bits per heavy atom. The van der Waals surface area contributed by atoms with Gasteiger partial charge in [-0.2, -0.15) is 0 Å². The van der Waals surface area contributed by atoms with E-state index in [0.717, 1.165) is 6.07 Å². The maximum absolute atomic E-state index is 10.9. The summed E-state index contributed by atoms with van der Waals surface area (Å²) in [5.41, 5.74) is 0. The number of furan rings is 1. The van der Waals surface area contributed by atoms with Crippen LogP contribution in [0.5, 0.6) is 0 Å². The SMILES string of the molecule is COC(=O)c1cc(S(=O)O)c(Br)o1. The monoisotopic (exact) mass is 268 g/mol. The summed E-state index contributed by atoms with van der Waals surface area (Å²) in [5, 5.41) is 0. The zero-order valence-electron chi connectivity index (χ0n) is 6.44. The van der Waals surface area contributed by atoms with Gasteiger partial charge in [-0.05, 0) is 15.9 Å². The summed E-state index contributed by atoms with van der Waals surface area (Å²) in [6.07, 6.45) is 0. The van der Waals surface area contributed by atoms with E-state index < -0.39 is 17.0 Å². The summed E-state index contributed by atoms with van der Waals surface area (Å²) in [5.74, 6) is -0.816. The first kappa shape index (κ1) is 10.4. The van der Waals surface area contributed by atoms with Crippen LogP contribution in [0.1, 0.15) is 10.6 Å². The van der Waals surface area contributed by atoms with Gasteiger partial charge in [0.25, 0.3) is 0 Å². The molecule has 0 saturated carbocycles. The van der Waals surface area contributed by atoms with Gasteiger partial charge in [0.15, 0.2) is 15.7 Å². The van der Waals surface area contributed by atoms with E-state index in [9.17, 15) is 9.00 Å². The van der Waals surface area contributed by atoms with Crippen molar-refractivity contribution in [2.75, 3.05) is 7.11 Å². The Morgan fingerprint density at radius 3 is 2.77 bits per heavy atom. The Bertz CT molecular complexity index is 358. The molecule has 13 heavy (non-hydrogen) atoms. The predicted octanol–water partition coefficient (Wildman–Crippen LogP) is 1.41. The second-order valence-corrected chi connectivity index (χ2v) is 3.65. The highest BCUT2D eigenvalue weighted by molar-refractivity contribution is 9.10. The molecule has 1 atom stereocenters. The third-order valence-corrected chi connectivity index (χ3v) is 2.76. The van der Waals surface area contributed by atoms with Crippen molar-refractivity contribution in [1.29, 1.82) is 0 Å². The molecule has 0 fully saturated rings. The summed E-state index contributed by atoms with van der Waals surface area (Å²) >= 11 is 0.701. The average molecular weight is 269 g/mol. The predicted molar refractivity (Wildman–Crippen MR) is 46.8 cm³/mol. The van der Waals surface area contributed by atoms with E-state index in [1.165, 1.54) is 7.11 Å². The Morgan fingerprint density at radius 1 is 1.77 bits per heavy atom. The molecule has 1 N–H and O–H groups in total. The second-order valence-electron chi connectivity index (χ2n) is 1.99. The van der Waals surface area contributed by atoms with Crippen molar-refractivity contribution in [3.63, 3.8) is 0 Å². The van der Waals surface area contributed by atoms with Gasteiger partial charge in [-0.25, -0.2) is 9.00 Å². The molecule has 0 amide bonds. The van der Waals surface area contributed by atoms with Crippen LogP contribution in [-0.2, 0) is 15.8 Å². The molecule has 0 aliphatic heterocycles. The van der Waals surface area contributed by atoms with Gasteiger partial charge in [-0.15, -0.1) is 0 Å². The lowest BCUT2D eigenvalue weighted by Crippen LogP contribution is -1.98. The largest absolute Gasteiger partial charge is 0.463 e. The van der Waals surface area contributed by atoms with Crippen LogP contribution in [0.15, 0.2) is 20.0 Å². The number of carbonyl (C=O) groups is 1. The summed E-state index contributed by atoms with van der Waals surface area (Å²) in [4.78, 5) is 10.9. The van der Waals surface area contributed by atoms with Crippen LogP contribution in [0.4, 0.5) is 0 Å². The average Bonchev–Trinajstić information content (AvgIpc) is 2.46. The zero-order chi connectivity index (χ0) is 10.0. The van der Waals surface area contributed by atoms with E-state index in [4.69, 9.17) is 8.97 Å². The molecule has 1 aromatic heterocycles. The first-order valence-corrected chi connectivity index (χ1v) is 4.94. The van der Waals surface area contributed by atoms with E-state index in [0.29, 0.717) is 0 Å². The van der Waals surface area contributed by atoms with E-state index in [-0.39, 0.29) is 15.3 Å². The highest BCUT2D eigenvalue weighted by atomic mass is 79.9. The lowest BCUT2D eigenvalue weighted by molar-refractivity contribution is 0.0563. The van der Waals surface area contributed by atoms with Crippen LogP contribution in [0, 0.1) is 0 Å². The van der Waals surface area contributed by atoms with Gasteiger partial charge < -0.3 is 13.7 Å². The van der Waals surface area contributed by atoms with Crippen LogP contribution < -0.4 is 0 Å². The van der Waals surface area contributed by atoms with E-state index in [2.05, 4.69) is 20.7 Å². The Balaban J connectivity index is 3.09. The minimum absolute atomic E-state index is 0.000370. The molecule has 0 spiro atoms. The zero-order valence-corrected chi connectivity index (χ0v) is 8.85. The fourth-order valence-electron chi connectivity index (χ4n) is 0.672. The highest BCUT2D eigenvalue weighted by Gasteiger charge is 2.18. The summed E-state index contributed by atoms with van der Waals surface area (Å²) in [7, 11) is 1.19. The standard InChI is InChI=1S/C6H5BrO5S/c1-11-6(8)3-2-4(13(9)10)5(7)12-3/h2H,1H3,(H,9,10). The first-order chi connectivity index (χ1) is 6.06. The summed E-state index contributed by atoms with van der Waals surface area (Å²) in [6, 6.07) is 1.14. The molecule has 72 valence electrons. The molecule has 0 aliphatic carbocycles. The van der Waals surface area contributed by atoms with Gasteiger partial charge in [0, 0.05) is 6.07 Å². The molecule has 1 heterocycles. The fourth-order valence-corrected chi connectivity index (χ4v) is 1.76. The Labute approximate surface area is 84.5 Å². The van der Waals surface area contributed by atoms with Crippen molar-refractivity contribution in [1.82, 2.24) is 0 Å². The number of ether oxygens (including phenoxy) is 1. The molecule has 5 nitrogen and oxygen atoms in total. The number of rotatable bonds is 2. The van der Waals surface area contributed by atoms with Gasteiger partial charge in [0.05, 0.1) is 7.11 Å². The molecule has 0 bridgehead atoms. The Hall–Kier alpha value is -0.660. The van der Waals surface area contributed by atoms with Gasteiger partial charge in [-0.1, -0.05) is 0 Å². The number of hydrogen-bond donors (Lipinski definition) is 1. The van der Waals surface area contributed by atoms with Gasteiger partial charge in [0.1, 0.15) is 4.90 Å². The molecule has 1 unspecified atom stereocenters. The van der Waals surface area contributed by atoms with Crippen LogP contribution in [0.25, 0.3) is 0 Å². The van der Waals surface area contributed by atoms with Crippen molar-refractivity contribution >= 4 is 33.0 Å². The van der Waals surface area contributed by atoms with Crippen LogP contribution in [-0.4, -0.2) is 21.8 Å². The minimum Gasteiger partial charge on any atom is -0.463 e. The quantitative estimate of drug-likeness (QED) is 0.648. The third kappa shape index (κ3) is 2.17. The highest BCUT2D eigenvalue weighted by Crippen LogP contribution is 2.24. The smallest absolute Gasteiger partial charge is 0.374 e. The molecule has 0 aliphatic rings. The first-order valence-electron chi connectivity index (χ1n) is 3.04. The fraction of sp³-hybridized carbons (Fsp3) is 0.167. The molecule has 7 heteroatoms. The number of hydrogen-bond acceptors (Lipinski definition) is 4. The molecule has 1 rings (SSSR count). The minimum atomic E-state index is -2.19. The van der Waals surface area contributed by atoms with Crippen molar-refractivity contribution in [3.05, 3.63) is 16.5 Å².